The van der Waals surface area contributed by atoms with Crippen LogP contribution in [0.5, 0.6) is 0 Å². The Morgan fingerprint density at radius 1 is 1.20 bits per heavy atom. The highest BCUT2D eigenvalue weighted by molar-refractivity contribution is 5.80. The highest BCUT2D eigenvalue weighted by Gasteiger charge is 2.29. The van der Waals surface area contributed by atoms with Crippen molar-refractivity contribution in [3.05, 3.63) is 0 Å². The van der Waals surface area contributed by atoms with Crippen molar-refractivity contribution in [3.63, 3.8) is 0 Å². The second-order valence-electron chi connectivity index (χ2n) is 6.13. The maximum absolute atomic E-state index is 12.1. The molecule has 0 spiro atoms. The van der Waals surface area contributed by atoms with E-state index in [2.05, 4.69) is 24.5 Å². The van der Waals surface area contributed by atoms with E-state index in [1.807, 2.05) is 0 Å². The largest absolute Gasteiger partial charge is 0.356 e. The van der Waals surface area contributed by atoms with Crippen LogP contribution in [-0.2, 0) is 9.59 Å². The Bertz CT molecular complexity index is 318. The smallest absolute Gasteiger partial charge is 0.223 e. The standard InChI is InChI=1S/C15H29N3O2/c1-11(2)10-18-14(19)7-8-17-15(20)13-6-4-3-5-12(13)9-16/h11-13H,3-10,16H2,1-2H3,(H,17,20)(H,18,19). The third-order valence-electron chi connectivity index (χ3n) is 3.91. The average Bonchev–Trinajstić information content (AvgIpc) is 2.44. The van der Waals surface area contributed by atoms with Crippen LogP contribution < -0.4 is 16.4 Å². The van der Waals surface area contributed by atoms with E-state index in [0.717, 1.165) is 19.3 Å². The molecule has 1 aliphatic rings. The molecule has 1 fully saturated rings. The number of carbonyl (C=O) groups is 2. The van der Waals surface area contributed by atoms with Crippen molar-refractivity contribution in [3.8, 4) is 0 Å². The number of rotatable bonds is 7. The van der Waals surface area contributed by atoms with Gasteiger partial charge in [0, 0.05) is 25.4 Å². The molecular weight excluding hydrogens is 254 g/mol. The summed E-state index contributed by atoms with van der Waals surface area (Å²) in [4.78, 5) is 23.7. The van der Waals surface area contributed by atoms with Crippen LogP contribution in [0.4, 0.5) is 0 Å². The summed E-state index contributed by atoms with van der Waals surface area (Å²) >= 11 is 0. The van der Waals surface area contributed by atoms with Crippen LogP contribution in [0.2, 0.25) is 0 Å². The van der Waals surface area contributed by atoms with E-state index in [0.29, 0.717) is 37.9 Å². The van der Waals surface area contributed by atoms with Gasteiger partial charge in [-0.15, -0.1) is 0 Å². The zero-order valence-electron chi connectivity index (χ0n) is 12.8. The number of nitrogens with two attached hydrogens (primary N) is 1. The SMILES string of the molecule is CC(C)CNC(=O)CCNC(=O)C1CCCCC1CN. The first kappa shape index (κ1) is 17.0. The molecule has 4 N–H and O–H groups in total. The van der Waals surface area contributed by atoms with Crippen molar-refractivity contribution < 1.29 is 9.59 Å². The Hall–Kier alpha value is -1.10. The van der Waals surface area contributed by atoms with Crippen LogP contribution in [0.25, 0.3) is 0 Å². The minimum Gasteiger partial charge on any atom is -0.356 e. The molecule has 5 heteroatoms. The van der Waals surface area contributed by atoms with Crippen molar-refractivity contribution in [2.75, 3.05) is 19.6 Å². The number of carbonyl (C=O) groups excluding carboxylic acids is 2. The Labute approximate surface area is 122 Å². The first-order chi connectivity index (χ1) is 9.54. The molecule has 0 aromatic carbocycles. The Balaban J connectivity index is 2.23. The molecule has 0 aromatic rings. The minimum absolute atomic E-state index is 0.00183. The third-order valence-corrected chi connectivity index (χ3v) is 3.91. The van der Waals surface area contributed by atoms with Crippen molar-refractivity contribution in [1.82, 2.24) is 10.6 Å². The molecule has 116 valence electrons. The zero-order chi connectivity index (χ0) is 15.0. The molecule has 0 bridgehead atoms. The van der Waals surface area contributed by atoms with E-state index in [1.165, 1.54) is 6.42 Å². The summed E-state index contributed by atoms with van der Waals surface area (Å²) in [6.45, 7) is 5.78. The van der Waals surface area contributed by atoms with Gasteiger partial charge in [0.1, 0.15) is 0 Å². The monoisotopic (exact) mass is 283 g/mol. The molecule has 0 aliphatic heterocycles. The van der Waals surface area contributed by atoms with Crippen molar-refractivity contribution in [1.29, 1.82) is 0 Å². The number of amides is 2. The zero-order valence-corrected chi connectivity index (χ0v) is 12.8. The van der Waals surface area contributed by atoms with Gasteiger partial charge in [0.2, 0.25) is 11.8 Å². The molecule has 5 nitrogen and oxygen atoms in total. The number of hydrogen-bond donors (Lipinski definition) is 3. The molecule has 2 atom stereocenters. The van der Waals surface area contributed by atoms with Gasteiger partial charge in [0.25, 0.3) is 0 Å². The molecule has 0 radical (unpaired) electrons. The lowest BCUT2D eigenvalue weighted by molar-refractivity contribution is -0.127. The molecule has 1 saturated carbocycles. The average molecular weight is 283 g/mol. The van der Waals surface area contributed by atoms with E-state index in [-0.39, 0.29) is 17.7 Å². The summed E-state index contributed by atoms with van der Waals surface area (Å²) in [5.74, 6) is 0.849. The van der Waals surface area contributed by atoms with Gasteiger partial charge >= 0.3 is 0 Å². The summed E-state index contributed by atoms with van der Waals surface area (Å²) in [5, 5.41) is 5.72. The van der Waals surface area contributed by atoms with Crippen molar-refractivity contribution in [2.45, 2.75) is 46.0 Å². The van der Waals surface area contributed by atoms with E-state index in [9.17, 15) is 9.59 Å². The van der Waals surface area contributed by atoms with Crippen LogP contribution in [0.15, 0.2) is 0 Å². The van der Waals surface area contributed by atoms with Gasteiger partial charge in [-0.25, -0.2) is 0 Å². The van der Waals surface area contributed by atoms with Gasteiger partial charge in [-0.05, 0) is 31.2 Å². The molecule has 0 heterocycles. The van der Waals surface area contributed by atoms with Crippen molar-refractivity contribution in [2.24, 2.45) is 23.5 Å². The predicted molar refractivity (Wildman–Crippen MR) is 80.0 cm³/mol. The van der Waals surface area contributed by atoms with Crippen LogP contribution >= 0.6 is 0 Å². The van der Waals surface area contributed by atoms with Crippen LogP contribution in [0.3, 0.4) is 0 Å². The molecular formula is C15H29N3O2. The van der Waals surface area contributed by atoms with Gasteiger partial charge in [-0.1, -0.05) is 26.7 Å². The van der Waals surface area contributed by atoms with Gasteiger partial charge in [-0.2, -0.15) is 0 Å². The quantitative estimate of drug-likeness (QED) is 0.652. The summed E-state index contributed by atoms with van der Waals surface area (Å²) in [6.07, 6.45) is 4.59. The topological polar surface area (TPSA) is 84.2 Å². The molecule has 2 unspecified atom stereocenters. The second-order valence-corrected chi connectivity index (χ2v) is 6.13. The van der Waals surface area contributed by atoms with E-state index in [1.54, 1.807) is 0 Å². The molecule has 2 amide bonds. The highest BCUT2D eigenvalue weighted by Crippen LogP contribution is 2.29. The third kappa shape index (κ3) is 5.90. The lowest BCUT2D eigenvalue weighted by Gasteiger charge is -2.29. The lowest BCUT2D eigenvalue weighted by atomic mass is 9.79. The summed E-state index contributed by atoms with van der Waals surface area (Å²) < 4.78 is 0. The van der Waals surface area contributed by atoms with Gasteiger partial charge < -0.3 is 16.4 Å². The number of hydrogen-bond acceptors (Lipinski definition) is 3. The predicted octanol–water partition coefficient (Wildman–Crippen LogP) is 1.03. The fourth-order valence-corrected chi connectivity index (χ4v) is 2.67. The minimum atomic E-state index is -0.00183. The normalized spacial score (nSPS) is 22.6. The summed E-state index contributed by atoms with van der Waals surface area (Å²) in [6, 6.07) is 0. The van der Waals surface area contributed by atoms with Crippen LogP contribution in [0.1, 0.15) is 46.0 Å². The maximum Gasteiger partial charge on any atom is 0.223 e. The molecule has 1 rings (SSSR count). The van der Waals surface area contributed by atoms with E-state index < -0.39 is 0 Å². The maximum atomic E-state index is 12.1. The van der Waals surface area contributed by atoms with Crippen LogP contribution in [0, 0.1) is 17.8 Å². The van der Waals surface area contributed by atoms with E-state index >= 15 is 0 Å². The molecule has 0 aromatic heterocycles. The first-order valence-corrected chi connectivity index (χ1v) is 7.79. The van der Waals surface area contributed by atoms with Crippen LogP contribution in [-0.4, -0.2) is 31.4 Å². The summed E-state index contributed by atoms with van der Waals surface area (Å²) in [7, 11) is 0. The van der Waals surface area contributed by atoms with Gasteiger partial charge in [-0.3, -0.25) is 9.59 Å². The molecule has 20 heavy (non-hydrogen) atoms. The highest BCUT2D eigenvalue weighted by atomic mass is 16.2. The van der Waals surface area contributed by atoms with Gasteiger partial charge in [0.05, 0.1) is 0 Å². The van der Waals surface area contributed by atoms with E-state index in [4.69, 9.17) is 5.73 Å². The Morgan fingerprint density at radius 3 is 2.55 bits per heavy atom. The van der Waals surface area contributed by atoms with Gasteiger partial charge in [0.15, 0.2) is 0 Å². The summed E-state index contributed by atoms with van der Waals surface area (Å²) in [5.41, 5.74) is 5.73. The fourth-order valence-electron chi connectivity index (χ4n) is 2.67. The van der Waals surface area contributed by atoms with Crippen molar-refractivity contribution >= 4 is 11.8 Å². The Kier molecular flexibility index (Phi) is 7.59. The molecule has 1 aliphatic carbocycles. The first-order valence-electron chi connectivity index (χ1n) is 7.79. The fraction of sp³-hybridized carbons (Fsp3) is 0.867. The second kappa shape index (κ2) is 8.95. The lowest BCUT2D eigenvalue weighted by Crippen LogP contribution is -2.40. The Morgan fingerprint density at radius 2 is 1.90 bits per heavy atom. The number of nitrogens with one attached hydrogen (secondary N) is 2. The molecule has 0 saturated heterocycles.